The molecule has 3 aromatic rings. The first kappa shape index (κ1) is 16.2. The van der Waals surface area contributed by atoms with Crippen molar-refractivity contribution in [1.82, 2.24) is 4.98 Å². The summed E-state index contributed by atoms with van der Waals surface area (Å²) in [6.07, 6.45) is 1.02. The fourth-order valence-electron chi connectivity index (χ4n) is 2.96. The third-order valence-electron chi connectivity index (χ3n) is 4.67. The highest BCUT2D eigenvalue weighted by molar-refractivity contribution is 6.04. The number of hydrogen-bond donors (Lipinski definition) is 1. The Balaban J connectivity index is 2.26. The van der Waals surface area contributed by atoms with Gasteiger partial charge in [0.05, 0.1) is 16.8 Å². The predicted molar refractivity (Wildman–Crippen MR) is 97.6 cm³/mol. The van der Waals surface area contributed by atoms with Crippen LogP contribution in [0.3, 0.4) is 0 Å². The molecule has 1 heterocycles. The van der Waals surface area contributed by atoms with E-state index < -0.39 is 5.97 Å². The number of carbonyl (C=O) groups is 1. The van der Waals surface area contributed by atoms with E-state index in [1.807, 2.05) is 43.3 Å². The molecule has 0 bridgehead atoms. The molecule has 122 valence electrons. The second-order valence-electron chi connectivity index (χ2n) is 6.26. The van der Waals surface area contributed by atoms with Gasteiger partial charge in [-0.2, -0.15) is 0 Å². The molecule has 3 heteroatoms. The zero-order valence-corrected chi connectivity index (χ0v) is 14.2. The van der Waals surface area contributed by atoms with Crippen molar-refractivity contribution >= 4 is 16.9 Å². The lowest BCUT2D eigenvalue weighted by atomic mass is 9.94. The lowest BCUT2D eigenvalue weighted by Crippen LogP contribution is -2.02. The topological polar surface area (TPSA) is 50.2 Å². The summed E-state index contributed by atoms with van der Waals surface area (Å²) < 4.78 is 0. The Morgan fingerprint density at radius 2 is 1.92 bits per heavy atom. The fourth-order valence-corrected chi connectivity index (χ4v) is 2.96. The van der Waals surface area contributed by atoms with Crippen molar-refractivity contribution in [3.8, 4) is 11.3 Å². The van der Waals surface area contributed by atoms with Gasteiger partial charge in [0.2, 0.25) is 0 Å². The van der Waals surface area contributed by atoms with Crippen molar-refractivity contribution in [2.24, 2.45) is 0 Å². The maximum Gasteiger partial charge on any atom is 0.336 e. The molecular formula is C21H21NO2. The van der Waals surface area contributed by atoms with Gasteiger partial charge in [-0.3, -0.25) is 0 Å². The number of aryl methyl sites for hydroxylation is 1. The van der Waals surface area contributed by atoms with Gasteiger partial charge in [0.1, 0.15) is 0 Å². The van der Waals surface area contributed by atoms with Crippen LogP contribution in [0.4, 0.5) is 0 Å². The number of aromatic nitrogens is 1. The van der Waals surface area contributed by atoms with Gasteiger partial charge < -0.3 is 5.11 Å². The summed E-state index contributed by atoms with van der Waals surface area (Å²) in [7, 11) is 0. The lowest BCUT2D eigenvalue weighted by Gasteiger charge is -2.13. The summed E-state index contributed by atoms with van der Waals surface area (Å²) in [5, 5.41) is 10.4. The fraction of sp³-hybridized carbons (Fsp3) is 0.238. The van der Waals surface area contributed by atoms with Crippen LogP contribution in [0.2, 0.25) is 0 Å². The summed E-state index contributed by atoms with van der Waals surface area (Å²) >= 11 is 0. The van der Waals surface area contributed by atoms with E-state index in [4.69, 9.17) is 4.98 Å². The van der Waals surface area contributed by atoms with E-state index in [0.29, 0.717) is 22.6 Å². The third kappa shape index (κ3) is 2.90. The molecule has 0 fully saturated rings. The molecule has 0 saturated heterocycles. The Kier molecular flexibility index (Phi) is 4.34. The average molecular weight is 319 g/mol. The van der Waals surface area contributed by atoms with Crippen molar-refractivity contribution in [2.75, 3.05) is 0 Å². The highest BCUT2D eigenvalue weighted by Crippen LogP contribution is 2.29. The van der Waals surface area contributed by atoms with E-state index in [1.54, 1.807) is 6.07 Å². The maximum absolute atomic E-state index is 11.8. The van der Waals surface area contributed by atoms with Crippen LogP contribution in [-0.2, 0) is 0 Å². The normalized spacial score (nSPS) is 12.3. The number of hydrogen-bond acceptors (Lipinski definition) is 2. The molecule has 0 radical (unpaired) electrons. The Morgan fingerprint density at radius 1 is 1.17 bits per heavy atom. The van der Waals surface area contributed by atoms with Crippen LogP contribution in [0.15, 0.2) is 48.5 Å². The molecule has 1 aromatic heterocycles. The number of rotatable bonds is 4. The van der Waals surface area contributed by atoms with Crippen molar-refractivity contribution in [3.05, 3.63) is 65.2 Å². The largest absolute Gasteiger partial charge is 0.478 e. The number of nitrogens with zero attached hydrogens (tertiary/aromatic N) is 1. The predicted octanol–water partition coefficient (Wildman–Crippen LogP) is 5.42. The molecule has 0 amide bonds. The van der Waals surface area contributed by atoms with Crippen LogP contribution in [0.5, 0.6) is 0 Å². The molecule has 24 heavy (non-hydrogen) atoms. The van der Waals surface area contributed by atoms with E-state index in [1.165, 1.54) is 0 Å². The van der Waals surface area contributed by atoms with Gasteiger partial charge in [0.25, 0.3) is 0 Å². The molecule has 0 saturated carbocycles. The van der Waals surface area contributed by atoms with Crippen molar-refractivity contribution in [2.45, 2.75) is 33.1 Å². The van der Waals surface area contributed by atoms with Gasteiger partial charge in [0.15, 0.2) is 0 Å². The number of pyridine rings is 1. The average Bonchev–Trinajstić information content (AvgIpc) is 2.59. The van der Waals surface area contributed by atoms with Gasteiger partial charge in [-0.25, -0.2) is 9.78 Å². The first-order valence-corrected chi connectivity index (χ1v) is 8.25. The molecular weight excluding hydrogens is 298 g/mol. The Morgan fingerprint density at radius 3 is 2.58 bits per heavy atom. The second kappa shape index (κ2) is 6.44. The first-order chi connectivity index (χ1) is 11.5. The minimum Gasteiger partial charge on any atom is -0.478 e. The molecule has 3 rings (SSSR count). The molecule has 0 aliphatic carbocycles. The molecule has 0 aliphatic heterocycles. The number of carboxylic acid groups (broad SMARTS) is 1. The standard InChI is InChI=1S/C21H21NO2/c1-4-13(2)15-9-10-19-17(11-15)18(21(23)24)12-20(22-19)16-8-6-5-7-14(16)3/h5-13H,4H2,1-3H3,(H,23,24). The molecule has 1 atom stereocenters. The van der Waals surface area contributed by atoms with Crippen LogP contribution in [-0.4, -0.2) is 16.1 Å². The van der Waals surface area contributed by atoms with Crippen LogP contribution >= 0.6 is 0 Å². The lowest BCUT2D eigenvalue weighted by molar-refractivity contribution is 0.0699. The quantitative estimate of drug-likeness (QED) is 0.698. The monoisotopic (exact) mass is 319 g/mol. The van der Waals surface area contributed by atoms with Gasteiger partial charge in [0, 0.05) is 10.9 Å². The maximum atomic E-state index is 11.8. The number of fused-ring (bicyclic) bond motifs is 1. The highest BCUT2D eigenvalue weighted by Gasteiger charge is 2.15. The second-order valence-corrected chi connectivity index (χ2v) is 6.26. The summed E-state index contributed by atoms with van der Waals surface area (Å²) in [5.74, 6) is -0.523. The van der Waals surface area contributed by atoms with E-state index in [2.05, 4.69) is 19.9 Å². The SMILES string of the molecule is CCC(C)c1ccc2nc(-c3ccccc3C)cc(C(=O)O)c2c1. The molecule has 0 aliphatic rings. The van der Waals surface area contributed by atoms with E-state index >= 15 is 0 Å². The first-order valence-electron chi connectivity index (χ1n) is 8.25. The number of benzene rings is 2. The van der Waals surface area contributed by atoms with Crippen LogP contribution in [0.25, 0.3) is 22.2 Å². The van der Waals surface area contributed by atoms with E-state index in [-0.39, 0.29) is 0 Å². The van der Waals surface area contributed by atoms with Crippen molar-refractivity contribution in [3.63, 3.8) is 0 Å². The van der Waals surface area contributed by atoms with E-state index in [9.17, 15) is 9.90 Å². The summed E-state index contributed by atoms with van der Waals surface area (Å²) in [4.78, 5) is 16.5. The molecule has 3 nitrogen and oxygen atoms in total. The zero-order valence-electron chi connectivity index (χ0n) is 14.2. The summed E-state index contributed by atoms with van der Waals surface area (Å²) in [6, 6.07) is 15.5. The van der Waals surface area contributed by atoms with Crippen LogP contribution in [0, 0.1) is 6.92 Å². The Hall–Kier alpha value is -2.68. The third-order valence-corrected chi connectivity index (χ3v) is 4.67. The Bertz CT molecular complexity index is 915. The van der Waals surface area contributed by atoms with Crippen molar-refractivity contribution in [1.29, 1.82) is 0 Å². The van der Waals surface area contributed by atoms with Crippen LogP contribution < -0.4 is 0 Å². The Labute approximate surface area is 142 Å². The van der Waals surface area contributed by atoms with Gasteiger partial charge >= 0.3 is 5.97 Å². The van der Waals surface area contributed by atoms with Crippen LogP contribution in [0.1, 0.15) is 47.7 Å². The summed E-state index contributed by atoms with van der Waals surface area (Å²) in [5.41, 5.74) is 4.93. The number of carboxylic acids is 1. The zero-order chi connectivity index (χ0) is 17.3. The summed E-state index contributed by atoms with van der Waals surface area (Å²) in [6.45, 7) is 6.29. The highest BCUT2D eigenvalue weighted by atomic mass is 16.4. The molecule has 0 spiro atoms. The van der Waals surface area contributed by atoms with Crippen molar-refractivity contribution < 1.29 is 9.90 Å². The van der Waals surface area contributed by atoms with Gasteiger partial charge in [-0.15, -0.1) is 0 Å². The minimum atomic E-state index is -0.918. The molecule has 1 N–H and O–H groups in total. The van der Waals surface area contributed by atoms with Gasteiger partial charge in [-0.1, -0.05) is 44.2 Å². The van der Waals surface area contributed by atoms with E-state index in [0.717, 1.165) is 28.6 Å². The number of aromatic carboxylic acids is 1. The molecule has 1 unspecified atom stereocenters. The molecule has 2 aromatic carbocycles. The smallest absolute Gasteiger partial charge is 0.336 e. The minimum absolute atomic E-state index is 0.309. The van der Waals surface area contributed by atoms with Gasteiger partial charge in [-0.05, 0) is 48.6 Å².